The number of nitrogens with two attached hydrogens (primary N) is 1. The summed E-state index contributed by atoms with van der Waals surface area (Å²) in [7, 11) is -1.15. The van der Waals surface area contributed by atoms with Gasteiger partial charge in [-0.05, 0) is 24.1 Å². The number of ether oxygens (including phenoxy) is 1. The first-order valence-electron chi connectivity index (χ1n) is 9.31. The van der Waals surface area contributed by atoms with Gasteiger partial charge in [-0.3, -0.25) is 0 Å². The van der Waals surface area contributed by atoms with Gasteiger partial charge in [0.2, 0.25) is 0 Å². The van der Waals surface area contributed by atoms with Crippen LogP contribution in [0.15, 0.2) is 43.1 Å². The van der Waals surface area contributed by atoms with Crippen LogP contribution in [-0.2, 0) is 11.5 Å². The van der Waals surface area contributed by atoms with Crippen LogP contribution in [0.3, 0.4) is 0 Å². The Morgan fingerprint density at radius 3 is 2.86 bits per heavy atom. The quantitative estimate of drug-likeness (QED) is 0.312. The van der Waals surface area contributed by atoms with Gasteiger partial charge in [0.25, 0.3) is 0 Å². The molecule has 1 aromatic carbocycles. The van der Waals surface area contributed by atoms with E-state index in [0.717, 1.165) is 22.9 Å². The molecule has 0 bridgehead atoms. The Morgan fingerprint density at radius 2 is 2.21 bits per heavy atom. The molecule has 0 aliphatic rings. The Bertz CT molecular complexity index is 814. The number of amides is 1. The highest BCUT2D eigenvalue weighted by Crippen LogP contribution is 2.29. The molecule has 1 unspecified atom stereocenters. The molecule has 7 nitrogen and oxygen atoms in total. The summed E-state index contributed by atoms with van der Waals surface area (Å²) < 4.78 is 7.56. The van der Waals surface area contributed by atoms with Crippen LogP contribution in [0.2, 0.25) is 25.7 Å². The molecule has 152 valence electrons. The topological polar surface area (TPSA) is 102 Å². The number of anilines is 1. The Kier molecular flexibility index (Phi) is 7.42. The van der Waals surface area contributed by atoms with Crippen molar-refractivity contribution >= 4 is 19.9 Å². The lowest BCUT2D eigenvalue weighted by Crippen LogP contribution is -2.26. The molecule has 8 heteroatoms. The van der Waals surface area contributed by atoms with E-state index in [1.165, 1.54) is 0 Å². The van der Waals surface area contributed by atoms with Crippen LogP contribution < -0.4 is 11.1 Å². The standard InChI is InChI=1S/C20H30N4O3Si/c1-5-7-18(23-20(25)26)15-8-6-9-16(12-15)19-17(21)13-22-24(19)14-27-10-11-28(2,3)4/h5-6,8-9,12-13,18,23H,1,7,10-11,14,21H2,2-4H3,(H,25,26). The molecule has 1 atom stereocenters. The van der Waals surface area contributed by atoms with Gasteiger partial charge in [0.15, 0.2) is 0 Å². The van der Waals surface area contributed by atoms with Crippen LogP contribution in [0.25, 0.3) is 11.3 Å². The molecule has 1 heterocycles. The molecule has 1 aromatic heterocycles. The first-order valence-corrected chi connectivity index (χ1v) is 13.0. The summed E-state index contributed by atoms with van der Waals surface area (Å²) in [5, 5.41) is 16.0. The molecule has 0 saturated heterocycles. The van der Waals surface area contributed by atoms with Crippen molar-refractivity contribution in [3.8, 4) is 11.3 Å². The number of aromatic nitrogens is 2. The number of hydrogen-bond acceptors (Lipinski definition) is 4. The highest BCUT2D eigenvalue weighted by Gasteiger charge is 2.17. The Morgan fingerprint density at radius 1 is 1.46 bits per heavy atom. The third-order valence-electron chi connectivity index (χ3n) is 4.34. The maximum absolute atomic E-state index is 11.1. The minimum atomic E-state index is -1.15. The fourth-order valence-electron chi connectivity index (χ4n) is 2.84. The zero-order valence-corrected chi connectivity index (χ0v) is 17.8. The molecule has 0 aliphatic carbocycles. The largest absolute Gasteiger partial charge is 0.465 e. The number of benzene rings is 1. The van der Waals surface area contributed by atoms with Crippen molar-refractivity contribution in [2.45, 2.75) is 44.9 Å². The molecule has 1 amide bonds. The van der Waals surface area contributed by atoms with Gasteiger partial charge in [0.05, 0.1) is 23.6 Å². The van der Waals surface area contributed by atoms with Crippen LogP contribution in [0.5, 0.6) is 0 Å². The van der Waals surface area contributed by atoms with E-state index in [1.807, 2.05) is 24.3 Å². The number of nitrogens with one attached hydrogen (secondary N) is 1. The summed E-state index contributed by atoms with van der Waals surface area (Å²) in [4.78, 5) is 11.1. The summed E-state index contributed by atoms with van der Waals surface area (Å²) in [5.41, 5.74) is 9.18. The van der Waals surface area contributed by atoms with E-state index in [4.69, 9.17) is 15.6 Å². The van der Waals surface area contributed by atoms with Gasteiger partial charge in [-0.25, -0.2) is 9.48 Å². The Hall–Kier alpha value is -2.58. The average molecular weight is 403 g/mol. The molecular weight excluding hydrogens is 372 g/mol. The van der Waals surface area contributed by atoms with E-state index in [2.05, 4.69) is 36.6 Å². The third kappa shape index (κ3) is 6.24. The number of carboxylic acid groups (broad SMARTS) is 1. The Balaban J connectivity index is 2.22. The van der Waals surface area contributed by atoms with Crippen LogP contribution >= 0.6 is 0 Å². The van der Waals surface area contributed by atoms with E-state index < -0.39 is 14.2 Å². The number of nitrogens with zero attached hydrogens (tertiary/aromatic N) is 2. The smallest absolute Gasteiger partial charge is 0.405 e. The molecule has 4 N–H and O–H groups in total. The molecule has 0 fully saturated rings. The lowest BCUT2D eigenvalue weighted by atomic mass is 10.00. The molecule has 28 heavy (non-hydrogen) atoms. The maximum Gasteiger partial charge on any atom is 0.405 e. The van der Waals surface area contributed by atoms with Crippen molar-refractivity contribution in [2.75, 3.05) is 12.3 Å². The lowest BCUT2D eigenvalue weighted by molar-refractivity contribution is 0.0798. The highest BCUT2D eigenvalue weighted by atomic mass is 28.3. The minimum Gasteiger partial charge on any atom is -0.465 e. The second kappa shape index (κ2) is 9.56. The lowest BCUT2D eigenvalue weighted by Gasteiger charge is -2.18. The van der Waals surface area contributed by atoms with Crippen LogP contribution in [0.4, 0.5) is 10.5 Å². The first-order chi connectivity index (χ1) is 13.2. The van der Waals surface area contributed by atoms with E-state index in [0.29, 0.717) is 25.4 Å². The number of rotatable bonds is 10. The van der Waals surface area contributed by atoms with Crippen molar-refractivity contribution in [2.24, 2.45) is 0 Å². The van der Waals surface area contributed by atoms with Gasteiger partial charge in [0, 0.05) is 20.2 Å². The SMILES string of the molecule is C=CCC(NC(=O)O)c1cccc(-c2c(N)cnn2COCC[Si](C)(C)C)c1. The zero-order valence-electron chi connectivity index (χ0n) is 16.8. The van der Waals surface area contributed by atoms with Crippen molar-refractivity contribution in [3.63, 3.8) is 0 Å². The molecule has 0 saturated carbocycles. The molecular formula is C20H30N4O3Si. The average Bonchev–Trinajstić information content (AvgIpc) is 2.98. The van der Waals surface area contributed by atoms with E-state index >= 15 is 0 Å². The van der Waals surface area contributed by atoms with Gasteiger partial charge in [-0.1, -0.05) is 43.9 Å². The van der Waals surface area contributed by atoms with E-state index in [9.17, 15) is 4.79 Å². The molecule has 2 rings (SSSR count). The first kappa shape index (κ1) is 21.7. The van der Waals surface area contributed by atoms with E-state index in [1.54, 1.807) is 17.0 Å². The highest BCUT2D eigenvalue weighted by molar-refractivity contribution is 6.76. The summed E-state index contributed by atoms with van der Waals surface area (Å²) in [5.74, 6) is 0. The normalized spacial score (nSPS) is 12.5. The molecule has 0 radical (unpaired) electrons. The summed E-state index contributed by atoms with van der Waals surface area (Å²) in [6.07, 6.45) is 2.72. The second-order valence-corrected chi connectivity index (χ2v) is 13.6. The second-order valence-electron chi connectivity index (χ2n) is 7.95. The van der Waals surface area contributed by atoms with Gasteiger partial charge in [0.1, 0.15) is 6.73 Å². The summed E-state index contributed by atoms with van der Waals surface area (Å²) >= 11 is 0. The third-order valence-corrected chi connectivity index (χ3v) is 6.04. The Labute approximate surface area is 167 Å². The van der Waals surface area contributed by atoms with Gasteiger partial charge >= 0.3 is 6.09 Å². The predicted molar refractivity (Wildman–Crippen MR) is 115 cm³/mol. The van der Waals surface area contributed by atoms with Crippen molar-refractivity contribution in [1.82, 2.24) is 15.1 Å². The number of hydrogen-bond donors (Lipinski definition) is 3. The molecule has 2 aromatic rings. The zero-order chi connectivity index (χ0) is 20.7. The van der Waals surface area contributed by atoms with E-state index in [-0.39, 0.29) is 6.04 Å². The van der Waals surface area contributed by atoms with Crippen LogP contribution in [0, 0.1) is 0 Å². The van der Waals surface area contributed by atoms with Crippen molar-refractivity contribution < 1.29 is 14.6 Å². The van der Waals surface area contributed by atoms with Gasteiger partial charge < -0.3 is 20.9 Å². The fraction of sp³-hybridized carbons (Fsp3) is 0.400. The fourth-order valence-corrected chi connectivity index (χ4v) is 3.60. The van der Waals surface area contributed by atoms with Crippen LogP contribution in [0.1, 0.15) is 18.0 Å². The number of nitrogen functional groups attached to an aromatic ring is 1. The monoisotopic (exact) mass is 402 g/mol. The molecule has 0 spiro atoms. The van der Waals surface area contributed by atoms with Gasteiger partial charge in [-0.2, -0.15) is 5.10 Å². The number of carbonyl (C=O) groups is 1. The van der Waals surface area contributed by atoms with Crippen molar-refractivity contribution in [1.29, 1.82) is 0 Å². The summed E-state index contributed by atoms with van der Waals surface area (Å²) in [6, 6.07) is 8.33. The van der Waals surface area contributed by atoms with Gasteiger partial charge in [-0.15, -0.1) is 6.58 Å². The predicted octanol–water partition coefficient (Wildman–Crippen LogP) is 4.33. The minimum absolute atomic E-state index is 0.324. The maximum atomic E-state index is 11.1. The molecule has 0 aliphatic heterocycles. The van der Waals surface area contributed by atoms with Crippen molar-refractivity contribution in [3.05, 3.63) is 48.7 Å². The van der Waals surface area contributed by atoms with Crippen LogP contribution in [-0.4, -0.2) is 35.7 Å². The summed E-state index contributed by atoms with van der Waals surface area (Å²) in [6.45, 7) is 11.7.